The summed E-state index contributed by atoms with van der Waals surface area (Å²) in [5.74, 6) is -2.74. The van der Waals surface area contributed by atoms with Gasteiger partial charge >= 0.3 is 12.2 Å². The molecule has 0 unspecified atom stereocenters. The molecule has 1 aliphatic rings. The van der Waals surface area contributed by atoms with E-state index in [1.54, 1.807) is 66.5 Å². The lowest BCUT2D eigenvalue weighted by Crippen LogP contribution is -2.48. The second kappa shape index (κ2) is 10.9. The zero-order valence-corrected chi connectivity index (χ0v) is 20.5. The Hall–Kier alpha value is -4.02. The molecule has 1 aliphatic heterocycles. The van der Waals surface area contributed by atoms with Crippen molar-refractivity contribution in [2.45, 2.75) is 32.0 Å². The van der Waals surface area contributed by atoms with Crippen molar-refractivity contribution in [2.75, 3.05) is 36.9 Å². The molecule has 0 bridgehead atoms. The van der Waals surface area contributed by atoms with Crippen LogP contribution in [0.15, 0.2) is 59.0 Å². The summed E-state index contributed by atoms with van der Waals surface area (Å²) in [5, 5.41) is 5.29. The van der Waals surface area contributed by atoms with Crippen molar-refractivity contribution in [3.05, 3.63) is 66.1 Å². The zero-order chi connectivity index (χ0) is 26.6. The highest BCUT2D eigenvalue weighted by atomic mass is 19.4. The standard InChI is InChI=1S/C26H28F3N5O3/c1-3-30-25(36)33(2)19-13-15-34(16-14-19)20-11-9-18(10-12-20)31-23(35)21-22(26(27,28)29)37-24(32-21)17-7-5-4-6-8-17/h4-12,19H,3,13-16H2,1-2H3,(H,30,36)(H,31,35). The summed E-state index contributed by atoms with van der Waals surface area (Å²) in [6, 6.07) is 15.0. The van der Waals surface area contributed by atoms with Gasteiger partial charge in [-0.1, -0.05) is 18.2 Å². The lowest BCUT2D eigenvalue weighted by Gasteiger charge is -2.37. The minimum absolute atomic E-state index is 0.0854. The summed E-state index contributed by atoms with van der Waals surface area (Å²) in [6.45, 7) is 3.95. The number of benzene rings is 2. The van der Waals surface area contributed by atoms with Crippen molar-refractivity contribution in [1.29, 1.82) is 0 Å². The number of alkyl halides is 3. The number of halogens is 3. The molecule has 1 aromatic heterocycles. The Morgan fingerprint density at radius 2 is 1.73 bits per heavy atom. The van der Waals surface area contributed by atoms with Crippen molar-refractivity contribution in [2.24, 2.45) is 0 Å². The highest BCUT2D eigenvalue weighted by molar-refractivity contribution is 6.04. The first-order chi connectivity index (χ1) is 17.7. The number of hydrogen-bond acceptors (Lipinski definition) is 5. The fourth-order valence-corrected chi connectivity index (χ4v) is 4.27. The third-order valence-electron chi connectivity index (χ3n) is 6.27. The van der Waals surface area contributed by atoms with Crippen molar-refractivity contribution in [3.8, 4) is 11.5 Å². The van der Waals surface area contributed by atoms with Gasteiger partial charge in [0, 0.05) is 49.7 Å². The Morgan fingerprint density at radius 3 is 2.32 bits per heavy atom. The average Bonchev–Trinajstić information content (AvgIpc) is 3.36. The van der Waals surface area contributed by atoms with E-state index in [2.05, 4.69) is 20.5 Å². The first-order valence-electron chi connectivity index (χ1n) is 12.0. The van der Waals surface area contributed by atoms with E-state index in [-0.39, 0.29) is 18.0 Å². The van der Waals surface area contributed by atoms with Gasteiger partial charge in [-0.3, -0.25) is 4.79 Å². The molecule has 0 spiro atoms. The number of oxazole rings is 1. The number of carbonyl (C=O) groups excluding carboxylic acids is 2. The molecule has 2 heterocycles. The Labute approximate surface area is 212 Å². The molecule has 1 saturated heterocycles. The molecule has 1 fully saturated rings. The highest BCUT2D eigenvalue weighted by Gasteiger charge is 2.42. The number of hydrogen-bond donors (Lipinski definition) is 2. The van der Waals surface area contributed by atoms with Gasteiger partial charge in [-0.15, -0.1) is 0 Å². The summed E-state index contributed by atoms with van der Waals surface area (Å²) < 4.78 is 45.6. The van der Waals surface area contributed by atoms with Gasteiger partial charge in [0.2, 0.25) is 11.7 Å². The fourth-order valence-electron chi connectivity index (χ4n) is 4.27. The van der Waals surface area contributed by atoms with Gasteiger partial charge in [0.05, 0.1) is 0 Å². The molecule has 2 N–H and O–H groups in total. The molecule has 0 atom stereocenters. The molecule has 4 rings (SSSR count). The van der Waals surface area contributed by atoms with Gasteiger partial charge in [-0.2, -0.15) is 13.2 Å². The number of urea groups is 1. The molecule has 37 heavy (non-hydrogen) atoms. The Morgan fingerprint density at radius 1 is 1.08 bits per heavy atom. The predicted molar refractivity (Wildman–Crippen MR) is 133 cm³/mol. The minimum Gasteiger partial charge on any atom is -0.431 e. The number of amides is 3. The van der Waals surface area contributed by atoms with Gasteiger partial charge in [-0.25, -0.2) is 9.78 Å². The third kappa shape index (κ3) is 6.04. The van der Waals surface area contributed by atoms with Crippen LogP contribution in [-0.2, 0) is 6.18 Å². The van der Waals surface area contributed by atoms with Crippen LogP contribution in [0.1, 0.15) is 36.0 Å². The van der Waals surface area contributed by atoms with E-state index in [0.717, 1.165) is 31.6 Å². The monoisotopic (exact) mass is 515 g/mol. The first kappa shape index (κ1) is 26.1. The van der Waals surface area contributed by atoms with Gasteiger partial charge in [0.25, 0.3) is 5.91 Å². The second-order valence-corrected chi connectivity index (χ2v) is 8.73. The van der Waals surface area contributed by atoms with E-state index >= 15 is 0 Å². The predicted octanol–water partition coefficient (Wildman–Crippen LogP) is 5.24. The fraction of sp³-hybridized carbons (Fsp3) is 0.346. The molecule has 0 aliphatic carbocycles. The van der Waals surface area contributed by atoms with Crippen molar-refractivity contribution >= 4 is 23.3 Å². The number of anilines is 2. The van der Waals surface area contributed by atoms with Gasteiger partial charge in [0.15, 0.2) is 5.69 Å². The smallest absolute Gasteiger partial charge is 0.431 e. The number of piperidine rings is 1. The minimum atomic E-state index is -4.88. The lowest BCUT2D eigenvalue weighted by atomic mass is 10.0. The topological polar surface area (TPSA) is 90.7 Å². The average molecular weight is 516 g/mol. The van der Waals surface area contributed by atoms with E-state index in [0.29, 0.717) is 17.8 Å². The van der Waals surface area contributed by atoms with E-state index in [1.165, 1.54) is 0 Å². The summed E-state index contributed by atoms with van der Waals surface area (Å²) in [5.41, 5.74) is 0.754. The molecule has 11 heteroatoms. The molecular weight excluding hydrogens is 487 g/mol. The Balaban J connectivity index is 1.42. The van der Waals surface area contributed by atoms with Crippen LogP contribution < -0.4 is 15.5 Å². The summed E-state index contributed by atoms with van der Waals surface area (Å²) in [4.78, 5) is 32.5. The Kier molecular flexibility index (Phi) is 7.70. The molecule has 2 aromatic carbocycles. The highest BCUT2D eigenvalue weighted by Crippen LogP contribution is 2.35. The number of rotatable bonds is 6. The van der Waals surface area contributed by atoms with E-state index < -0.39 is 23.5 Å². The lowest BCUT2D eigenvalue weighted by molar-refractivity contribution is -0.153. The van der Waals surface area contributed by atoms with Crippen LogP contribution in [0, 0.1) is 0 Å². The maximum Gasteiger partial charge on any atom is 0.452 e. The summed E-state index contributed by atoms with van der Waals surface area (Å²) in [7, 11) is 1.80. The summed E-state index contributed by atoms with van der Waals surface area (Å²) in [6.07, 6.45) is -3.27. The van der Waals surface area contributed by atoms with Crippen LogP contribution in [0.2, 0.25) is 0 Å². The van der Waals surface area contributed by atoms with Gasteiger partial charge in [-0.05, 0) is 56.2 Å². The first-order valence-corrected chi connectivity index (χ1v) is 12.0. The quantitative estimate of drug-likeness (QED) is 0.469. The van der Waals surface area contributed by atoms with Crippen molar-refractivity contribution < 1.29 is 27.2 Å². The molecule has 0 radical (unpaired) electrons. The van der Waals surface area contributed by atoms with Crippen LogP contribution in [0.25, 0.3) is 11.5 Å². The number of carbonyl (C=O) groups is 2. The summed E-state index contributed by atoms with van der Waals surface area (Å²) >= 11 is 0. The third-order valence-corrected chi connectivity index (χ3v) is 6.27. The molecular formula is C26H28F3N5O3. The second-order valence-electron chi connectivity index (χ2n) is 8.73. The van der Waals surface area contributed by atoms with E-state index in [1.807, 2.05) is 6.92 Å². The number of nitrogens with one attached hydrogen (secondary N) is 2. The van der Waals surface area contributed by atoms with Gasteiger partial charge in [0.1, 0.15) is 0 Å². The molecule has 8 nitrogen and oxygen atoms in total. The zero-order valence-electron chi connectivity index (χ0n) is 20.5. The van der Waals surface area contributed by atoms with Crippen LogP contribution in [0.4, 0.5) is 29.3 Å². The van der Waals surface area contributed by atoms with Crippen molar-refractivity contribution in [3.63, 3.8) is 0 Å². The maximum absolute atomic E-state index is 13.6. The van der Waals surface area contributed by atoms with Crippen molar-refractivity contribution in [1.82, 2.24) is 15.2 Å². The van der Waals surface area contributed by atoms with Crippen LogP contribution in [-0.4, -0.2) is 54.5 Å². The SMILES string of the molecule is CCNC(=O)N(C)C1CCN(c2ccc(NC(=O)c3nc(-c4ccccc4)oc3C(F)(F)F)cc2)CC1. The maximum atomic E-state index is 13.6. The molecule has 3 amide bonds. The Bertz CT molecular complexity index is 1220. The molecule has 0 saturated carbocycles. The largest absolute Gasteiger partial charge is 0.452 e. The molecule has 196 valence electrons. The van der Waals surface area contributed by atoms with E-state index in [9.17, 15) is 22.8 Å². The van der Waals surface area contributed by atoms with Crippen LogP contribution in [0.5, 0.6) is 0 Å². The number of nitrogens with zero attached hydrogens (tertiary/aromatic N) is 3. The molecule has 3 aromatic rings. The van der Waals surface area contributed by atoms with Crippen LogP contribution >= 0.6 is 0 Å². The van der Waals surface area contributed by atoms with Gasteiger partial charge < -0.3 is 24.9 Å². The van der Waals surface area contributed by atoms with E-state index in [4.69, 9.17) is 4.42 Å². The van der Waals surface area contributed by atoms with Crippen LogP contribution in [0.3, 0.4) is 0 Å². The number of aromatic nitrogens is 1. The normalized spacial score (nSPS) is 14.4.